The van der Waals surface area contributed by atoms with E-state index in [2.05, 4.69) is 20.5 Å². The number of anilines is 3. The molecule has 1 aromatic carbocycles. The monoisotopic (exact) mass is 428 g/mol. The summed E-state index contributed by atoms with van der Waals surface area (Å²) in [5, 5.41) is 9.77. The maximum Gasteiger partial charge on any atom is 0.267 e. The predicted octanol–water partition coefficient (Wildman–Crippen LogP) is 3.47. The van der Waals surface area contributed by atoms with Crippen LogP contribution in [0.3, 0.4) is 0 Å². The van der Waals surface area contributed by atoms with Crippen LogP contribution < -0.4 is 15.5 Å². The first-order valence-corrected chi connectivity index (χ1v) is 11.0. The first-order valence-electron chi connectivity index (χ1n) is 9.19. The van der Waals surface area contributed by atoms with E-state index in [4.69, 9.17) is 4.74 Å². The maximum absolute atomic E-state index is 12.3. The SMILES string of the molecule is O=C(Cc1csc(NC(=O)c2cccs2)n1)Nc1ccc(N2CCOCC2)cc1. The lowest BCUT2D eigenvalue weighted by atomic mass is 10.2. The van der Waals surface area contributed by atoms with Crippen LogP contribution in [0.2, 0.25) is 0 Å². The van der Waals surface area contributed by atoms with Crippen LogP contribution in [0, 0.1) is 0 Å². The molecule has 0 atom stereocenters. The van der Waals surface area contributed by atoms with Crippen molar-refractivity contribution >= 4 is 51.0 Å². The number of aromatic nitrogens is 1. The van der Waals surface area contributed by atoms with Crippen LogP contribution in [0.1, 0.15) is 15.4 Å². The summed E-state index contributed by atoms with van der Waals surface area (Å²) < 4.78 is 5.37. The van der Waals surface area contributed by atoms with Gasteiger partial charge in [-0.15, -0.1) is 22.7 Å². The molecule has 0 radical (unpaired) electrons. The molecule has 0 aliphatic carbocycles. The number of hydrogen-bond donors (Lipinski definition) is 2. The second-order valence-corrected chi connectivity index (χ2v) is 8.25. The molecule has 0 unspecified atom stereocenters. The molecule has 0 saturated carbocycles. The Labute approximate surface area is 176 Å². The molecule has 2 N–H and O–H groups in total. The van der Waals surface area contributed by atoms with Crippen LogP contribution in [0.5, 0.6) is 0 Å². The number of carbonyl (C=O) groups is 2. The van der Waals surface area contributed by atoms with Crippen molar-refractivity contribution in [3.8, 4) is 0 Å². The molecule has 0 spiro atoms. The normalized spacial score (nSPS) is 13.9. The third-order valence-electron chi connectivity index (χ3n) is 4.39. The summed E-state index contributed by atoms with van der Waals surface area (Å²) in [5.74, 6) is -0.337. The zero-order chi connectivity index (χ0) is 20.1. The molecule has 1 aliphatic heterocycles. The molecule has 7 nitrogen and oxygen atoms in total. The molecule has 29 heavy (non-hydrogen) atoms. The summed E-state index contributed by atoms with van der Waals surface area (Å²) in [6.45, 7) is 3.23. The van der Waals surface area contributed by atoms with Crippen LogP contribution in [-0.2, 0) is 16.0 Å². The largest absolute Gasteiger partial charge is 0.378 e. The van der Waals surface area contributed by atoms with Gasteiger partial charge in [0.2, 0.25) is 5.91 Å². The first kappa shape index (κ1) is 19.6. The van der Waals surface area contributed by atoms with E-state index in [1.165, 1.54) is 22.7 Å². The number of ether oxygens (including phenoxy) is 1. The van der Waals surface area contributed by atoms with Gasteiger partial charge in [-0.05, 0) is 35.7 Å². The van der Waals surface area contributed by atoms with Crippen LogP contribution in [0.4, 0.5) is 16.5 Å². The van der Waals surface area contributed by atoms with Gasteiger partial charge in [0.1, 0.15) is 0 Å². The van der Waals surface area contributed by atoms with Gasteiger partial charge in [0.15, 0.2) is 5.13 Å². The van der Waals surface area contributed by atoms with Crippen molar-refractivity contribution in [1.29, 1.82) is 0 Å². The van der Waals surface area contributed by atoms with E-state index in [1.807, 2.05) is 35.7 Å². The Morgan fingerprint density at radius 3 is 2.59 bits per heavy atom. The lowest BCUT2D eigenvalue weighted by Gasteiger charge is -2.28. The fourth-order valence-electron chi connectivity index (χ4n) is 2.96. The Morgan fingerprint density at radius 1 is 1.07 bits per heavy atom. The number of rotatable bonds is 6. The van der Waals surface area contributed by atoms with Crippen LogP contribution in [0.25, 0.3) is 0 Å². The van der Waals surface area contributed by atoms with Gasteiger partial charge >= 0.3 is 0 Å². The second kappa shape index (κ2) is 9.17. The van der Waals surface area contributed by atoms with Crippen molar-refractivity contribution < 1.29 is 14.3 Å². The van der Waals surface area contributed by atoms with Crippen LogP contribution >= 0.6 is 22.7 Å². The van der Waals surface area contributed by atoms with Crippen molar-refractivity contribution in [2.75, 3.05) is 41.8 Å². The van der Waals surface area contributed by atoms with E-state index in [0.717, 1.165) is 37.7 Å². The molecule has 150 valence electrons. The summed E-state index contributed by atoms with van der Waals surface area (Å²) in [7, 11) is 0. The third-order valence-corrected chi connectivity index (χ3v) is 6.06. The smallest absolute Gasteiger partial charge is 0.267 e. The number of carbonyl (C=O) groups excluding carboxylic acids is 2. The van der Waals surface area contributed by atoms with Gasteiger partial charge in [0, 0.05) is 29.8 Å². The molecule has 2 aromatic heterocycles. The molecular weight excluding hydrogens is 408 g/mol. The summed E-state index contributed by atoms with van der Waals surface area (Å²) in [4.78, 5) is 31.6. The Bertz CT molecular complexity index is 964. The fourth-order valence-corrected chi connectivity index (χ4v) is 4.28. The minimum absolute atomic E-state index is 0.148. The Hall–Kier alpha value is -2.75. The summed E-state index contributed by atoms with van der Waals surface area (Å²) in [6.07, 6.45) is 0.149. The lowest BCUT2D eigenvalue weighted by Crippen LogP contribution is -2.36. The lowest BCUT2D eigenvalue weighted by molar-refractivity contribution is -0.115. The fraction of sp³-hybridized carbons (Fsp3) is 0.250. The van der Waals surface area contributed by atoms with Crippen molar-refractivity contribution in [2.45, 2.75) is 6.42 Å². The number of amides is 2. The molecule has 3 aromatic rings. The Kier molecular flexibility index (Phi) is 6.18. The number of benzene rings is 1. The van der Waals surface area contributed by atoms with Crippen LogP contribution in [0.15, 0.2) is 47.2 Å². The van der Waals surface area contributed by atoms with Crippen molar-refractivity contribution in [2.24, 2.45) is 0 Å². The van der Waals surface area contributed by atoms with Gasteiger partial charge in [0.25, 0.3) is 5.91 Å². The van der Waals surface area contributed by atoms with E-state index in [-0.39, 0.29) is 18.2 Å². The van der Waals surface area contributed by atoms with Gasteiger partial charge in [-0.25, -0.2) is 4.98 Å². The zero-order valence-corrected chi connectivity index (χ0v) is 17.2. The van der Waals surface area contributed by atoms with Gasteiger partial charge in [-0.3, -0.25) is 14.9 Å². The predicted molar refractivity (Wildman–Crippen MR) is 116 cm³/mol. The quantitative estimate of drug-likeness (QED) is 0.628. The van der Waals surface area contributed by atoms with E-state index in [9.17, 15) is 9.59 Å². The second-order valence-electron chi connectivity index (χ2n) is 6.45. The molecule has 4 rings (SSSR count). The molecule has 1 fully saturated rings. The topological polar surface area (TPSA) is 83.6 Å². The molecule has 9 heteroatoms. The molecule has 3 heterocycles. The van der Waals surface area contributed by atoms with E-state index < -0.39 is 0 Å². The molecule has 1 aliphatic rings. The van der Waals surface area contributed by atoms with Crippen molar-refractivity contribution in [3.05, 3.63) is 57.7 Å². The van der Waals surface area contributed by atoms with Crippen molar-refractivity contribution in [1.82, 2.24) is 4.98 Å². The highest BCUT2D eigenvalue weighted by molar-refractivity contribution is 7.14. The maximum atomic E-state index is 12.3. The van der Waals surface area contributed by atoms with Gasteiger partial charge < -0.3 is 15.0 Å². The molecule has 1 saturated heterocycles. The van der Waals surface area contributed by atoms with Gasteiger partial charge in [-0.1, -0.05) is 6.07 Å². The number of morpholine rings is 1. The molecule has 2 amide bonds. The van der Waals surface area contributed by atoms with Crippen LogP contribution in [-0.4, -0.2) is 43.1 Å². The molecular formula is C20H20N4O3S2. The number of thiazole rings is 1. The minimum atomic E-state index is -0.189. The summed E-state index contributed by atoms with van der Waals surface area (Å²) in [5.41, 5.74) is 2.49. The third kappa shape index (κ3) is 5.20. The Balaban J connectivity index is 1.29. The summed E-state index contributed by atoms with van der Waals surface area (Å²) >= 11 is 2.68. The van der Waals surface area contributed by atoms with Gasteiger partial charge in [0.05, 0.1) is 30.2 Å². The standard InChI is InChI=1S/C20H20N4O3S2/c25-18(21-14-3-5-16(6-4-14)24-7-9-27-10-8-24)12-15-13-29-20(22-15)23-19(26)17-2-1-11-28-17/h1-6,11,13H,7-10,12H2,(H,21,25)(H,22,23,26). The van der Waals surface area contributed by atoms with Gasteiger partial charge in [-0.2, -0.15) is 0 Å². The van der Waals surface area contributed by atoms with E-state index in [0.29, 0.717) is 15.7 Å². The number of thiophene rings is 1. The highest BCUT2D eigenvalue weighted by Crippen LogP contribution is 2.21. The average Bonchev–Trinajstić information content (AvgIpc) is 3.42. The molecule has 0 bridgehead atoms. The highest BCUT2D eigenvalue weighted by atomic mass is 32.1. The summed E-state index contributed by atoms with van der Waals surface area (Å²) in [6, 6.07) is 11.4. The average molecular weight is 429 g/mol. The first-order chi connectivity index (χ1) is 14.2. The van der Waals surface area contributed by atoms with Crippen molar-refractivity contribution in [3.63, 3.8) is 0 Å². The highest BCUT2D eigenvalue weighted by Gasteiger charge is 2.13. The zero-order valence-electron chi connectivity index (χ0n) is 15.6. The number of hydrogen-bond acceptors (Lipinski definition) is 7. The van der Waals surface area contributed by atoms with E-state index in [1.54, 1.807) is 11.4 Å². The minimum Gasteiger partial charge on any atom is -0.378 e. The Morgan fingerprint density at radius 2 is 1.86 bits per heavy atom. The number of nitrogens with zero attached hydrogens (tertiary/aromatic N) is 2. The number of nitrogens with one attached hydrogen (secondary N) is 2. The van der Waals surface area contributed by atoms with E-state index >= 15 is 0 Å².